The van der Waals surface area contributed by atoms with Crippen LogP contribution in [0.3, 0.4) is 0 Å². The van der Waals surface area contributed by atoms with Gasteiger partial charge in [-0.05, 0) is 65.6 Å². The van der Waals surface area contributed by atoms with E-state index in [9.17, 15) is 13.2 Å². The van der Waals surface area contributed by atoms with Crippen molar-refractivity contribution in [3.8, 4) is 0 Å². The minimum absolute atomic E-state index is 0.132. The fraction of sp³-hybridized carbons (Fsp3) is 0.391. The fourth-order valence-electron chi connectivity index (χ4n) is 4.09. The van der Waals surface area contributed by atoms with Crippen LogP contribution in [-0.4, -0.2) is 32.8 Å². The first kappa shape index (κ1) is 20.6. The maximum absolute atomic E-state index is 12.6. The summed E-state index contributed by atoms with van der Waals surface area (Å²) in [6, 6.07) is 13.8. The Morgan fingerprint density at radius 2 is 1.97 bits per heavy atom. The molecule has 2 aromatic carbocycles. The van der Waals surface area contributed by atoms with Crippen molar-refractivity contribution < 1.29 is 13.2 Å². The van der Waals surface area contributed by atoms with Crippen molar-refractivity contribution >= 4 is 27.8 Å². The summed E-state index contributed by atoms with van der Waals surface area (Å²) in [4.78, 5) is 16.6. The fourth-order valence-corrected chi connectivity index (χ4v) is 5.39. The molecule has 0 spiro atoms. The van der Waals surface area contributed by atoms with E-state index < -0.39 is 21.2 Å². The minimum atomic E-state index is -3.56. The van der Waals surface area contributed by atoms with Crippen LogP contribution in [0.2, 0.25) is 0 Å². The molecule has 30 heavy (non-hydrogen) atoms. The van der Waals surface area contributed by atoms with Gasteiger partial charge in [-0.2, -0.15) is 0 Å². The largest absolute Gasteiger partial charge is 0.378 e. The Morgan fingerprint density at radius 3 is 2.67 bits per heavy atom. The zero-order chi connectivity index (χ0) is 21.5. The summed E-state index contributed by atoms with van der Waals surface area (Å²) in [5.74, 6) is -0.561. The van der Waals surface area contributed by atoms with Crippen LogP contribution >= 0.6 is 0 Å². The van der Waals surface area contributed by atoms with Gasteiger partial charge in [-0.15, -0.1) is 0 Å². The van der Waals surface area contributed by atoms with Gasteiger partial charge in [0.05, 0.1) is 11.3 Å². The average Bonchev–Trinajstić information content (AvgIpc) is 3.53. The topological polar surface area (TPSA) is 87.6 Å². The minimum Gasteiger partial charge on any atom is -0.378 e. The van der Waals surface area contributed by atoms with Crippen LogP contribution in [0.5, 0.6) is 0 Å². The summed E-state index contributed by atoms with van der Waals surface area (Å²) in [5, 5.41) is 3.16. The SMILES string of the molecule is CN=Cc1cccc(C2CC(C)(C)c3cc(C(=O)NS(=O)(=O)C4CC4)ccc3N2)c1. The zero-order valence-electron chi connectivity index (χ0n) is 17.5. The van der Waals surface area contributed by atoms with E-state index in [1.165, 1.54) is 5.56 Å². The number of carbonyl (C=O) groups is 1. The number of nitrogens with one attached hydrogen (secondary N) is 2. The number of sulfonamides is 1. The van der Waals surface area contributed by atoms with E-state index in [1.54, 1.807) is 13.1 Å². The molecule has 1 saturated carbocycles. The van der Waals surface area contributed by atoms with Crippen LogP contribution in [0.25, 0.3) is 0 Å². The molecule has 1 aliphatic heterocycles. The van der Waals surface area contributed by atoms with Crippen molar-refractivity contribution in [3.05, 3.63) is 64.7 Å². The van der Waals surface area contributed by atoms with Gasteiger partial charge in [0.15, 0.2) is 0 Å². The van der Waals surface area contributed by atoms with Crippen LogP contribution in [0.1, 0.15) is 66.2 Å². The van der Waals surface area contributed by atoms with Crippen molar-refractivity contribution in [2.45, 2.75) is 49.8 Å². The van der Waals surface area contributed by atoms with E-state index in [4.69, 9.17) is 0 Å². The molecule has 4 rings (SSSR count). The van der Waals surface area contributed by atoms with Gasteiger partial charge in [0.2, 0.25) is 10.0 Å². The molecule has 1 fully saturated rings. The predicted molar refractivity (Wildman–Crippen MR) is 120 cm³/mol. The van der Waals surface area contributed by atoms with Gasteiger partial charge in [0, 0.05) is 24.5 Å². The number of rotatable bonds is 5. The van der Waals surface area contributed by atoms with E-state index in [2.05, 4.69) is 41.0 Å². The third kappa shape index (κ3) is 4.12. The van der Waals surface area contributed by atoms with Crippen molar-refractivity contribution in [1.82, 2.24) is 4.72 Å². The van der Waals surface area contributed by atoms with Crippen LogP contribution in [-0.2, 0) is 15.4 Å². The van der Waals surface area contributed by atoms with Crippen LogP contribution in [0, 0.1) is 0 Å². The summed E-state index contributed by atoms with van der Waals surface area (Å²) < 4.78 is 26.4. The first-order valence-corrected chi connectivity index (χ1v) is 11.7. The van der Waals surface area contributed by atoms with Crippen molar-refractivity contribution in [2.24, 2.45) is 4.99 Å². The number of amides is 1. The lowest BCUT2D eigenvalue weighted by atomic mass is 9.73. The predicted octanol–water partition coefficient (Wildman–Crippen LogP) is 3.79. The van der Waals surface area contributed by atoms with E-state index in [0.717, 1.165) is 23.2 Å². The molecule has 0 radical (unpaired) electrons. The number of benzene rings is 2. The first-order valence-electron chi connectivity index (χ1n) is 10.2. The number of aliphatic imine (C=N–C) groups is 1. The molecule has 7 heteroatoms. The second kappa shape index (κ2) is 7.54. The highest BCUT2D eigenvalue weighted by molar-refractivity contribution is 7.91. The number of hydrogen-bond acceptors (Lipinski definition) is 5. The maximum Gasteiger partial charge on any atom is 0.264 e. The highest BCUT2D eigenvalue weighted by atomic mass is 32.2. The van der Waals surface area contributed by atoms with Gasteiger partial charge < -0.3 is 5.32 Å². The smallest absolute Gasteiger partial charge is 0.264 e. The third-order valence-electron chi connectivity index (χ3n) is 5.84. The molecule has 0 saturated heterocycles. The van der Waals surface area contributed by atoms with Gasteiger partial charge >= 0.3 is 0 Å². The Balaban J connectivity index is 1.60. The lowest BCUT2D eigenvalue weighted by Crippen LogP contribution is -2.34. The molecular formula is C23H27N3O3S. The standard InChI is InChI=1S/C23H27N3O3S/c1-23(2)13-21(16-6-4-5-15(11-16)14-24-3)25-20-10-7-17(12-19(20)23)22(27)26-30(28,29)18-8-9-18/h4-7,10-12,14,18,21,25H,8-9,13H2,1-3H3,(H,26,27). The molecule has 1 heterocycles. The maximum atomic E-state index is 12.6. The number of anilines is 1. The summed E-state index contributed by atoms with van der Waals surface area (Å²) in [6.45, 7) is 4.30. The summed E-state index contributed by atoms with van der Waals surface area (Å²) in [6.07, 6.45) is 3.93. The Morgan fingerprint density at radius 1 is 1.20 bits per heavy atom. The number of nitrogens with zero attached hydrogens (tertiary/aromatic N) is 1. The summed E-state index contributed by atoms with van der Waals surface area (Å²) >= 11 is 0. The molecular weight excluding hydrogens is 398 g/mol. The molecule has 1 aliphatic carbocycles. The first-order chi connectivity index (χ1) is 14.2. The van der Waals surface area contributed by atoms with Crippen LogP contribution < -0.4 is 10.0 Å². The highest BCUT2D eigenvalue weighted by Crippen LogP contribution is 2.44. The Labute approximate surface area is 177 Å². The normalized spacial score (nSPS) is 20.4. The summed E-state index contributed by atoms with van der Waals surface area (Å²) in [5.41, 5.74) is 4.40. The molecule has 2 aliphatic rings. The van der Waals surface area contributed by atoms with Crippen molar-refractivity contribution in [2.75, 3.05) is 12.4 Å². The number of fused-ring (bicyclic) bond motifs is 1. The van der Waals surface area contributed by atoms with E-state index in [-0.39, 0.29) is 11.5 Å². The average molecular weight is 426 g/mol. The van der Waals surface area contributed by atoms with Crippen LogP contribution in [0.15, 0.2) is 47.5 Å². The second-order valence-corrected chi connectivity index (χ2v) is 10.7. The Kier molecular flexibility index (Phi) is 5.18. The summed E-state index contributed by atoms with van der Waals surface area (Å²) in [7, 11) is -1.81. The molecule has 1 unspecified atom stereocenters. The highest BCUT2D eigenvalue weighted by Gasteiger charge is 2.38. The third-order valence-corrected chi connectivity index (χ3v) is 7.66. The Hall–Kier alpha value is -2.67. The number of hydrogen-bond donors (Lipinski definition) is 2. The molecule has 2 aromatic rings. The molecule has 1 atom stereocenters. The second-order valence-electron chi connectivity index (χ2n) is 8.78. The number of carbonyl (C=O) groups excluding carboxylic acids is 1. The van der Waals surface area contributed by atoms with Crippen LogP contribution in [0.4, 0.5) is 5.69 Å². The molecule has 6 nitrogen and oxygen atoms in total. The van der Waals surface area contributed by atoms with Crippen molar-refractivity contribution in [1.29, 1.82) is 0 Å². The quantitative estimate of drug-likeness (QED) is 0.714. The van der Waals surface area contributed by atoms with Gasteiger partial charge in [0.1, 0.15) is 0 Å². The molecule has 158 valence electrons. The van der Waals surface area contributed by atoms with Gasteiger partial charge in [0.25, 0.3) is 5.91 Å². The van der Waals surface area contributed by atoms with E-state index >= 15 is 0 Å². The molecule has 1 amide bonds. The Bertz CT molecular complexity index is 1120. The lowest BCUT2D eigenvalue weighted by molar-refractivity contribution is 0.0981. The zero-order valence-corrected chi connectivity index (χ0v) is 18.3. The van der Waals surface area contributed by atoms with E-state index in [0.29, 0.717) is 18.4 Å². The lowest BCUT2D eigenvalue weighted by Gasteiger charge is -2.39. The monoisotopic (exact) mass is 425 g/mol. The van der Waals surface area contributed by atoms with E-state index in [1.807, 2.05) is 30.5 Å². The molecule has 0 bridgehead atoms. The van der Waals surface area contributed by atoms with Gasteiger partial charge in [-0.25, -0.2) is 13.1 Å². The van der Waals surface area contributed by atoms with Crippen molar-refractivity contribution in [3.63, 3.8) is 0 Å². The van der Waals surface area contributed by atoms with Gasteiger partial charge in [-0.1, -0.05) is 32.0 Å². The molecule has 2 N–H and O–H groups in total. The molecule has 0 aromatic heterocycles. The van der Waals surface area contributed by atoms with Gasteiger partial charge in [-0.3, -0.25) is 9.79 Å².